The molecule has 0 amide bonds. The van der Waals surface area contributed by atoms with E-state index in [9.17, 15) is 9.90 Å². The highest BCUT2D eigenvalue weighted by Crippen LogP contribution is 2.47. The molecule has 144 valence electrons. The van der Waals surface area contributed by atoms with Crippen LogP contribution in [0.5, 0.6) is 0 Å². The second-order valence-electron chi connectivity index (χ2n) is 9.71. The minimum absolute atomic E-state index is 0.411. The molecule has 0 spiro atoms. The lowest BCUT2D eigenvalue weighted by Crippen LogP contribution is -2.38. The largest absolute Gasteiger partial charge is 0.481 e. The Kier molecular flexibility index (Phi) is 7.25. The first-order chi connectivity index (χ1) is 12.2. The Bertz CT molecular complexity index is 348. The number of hydrogen-bond acceptors (Lipinski definition) is 1. The van der Waals surface area contributed by atoms with Crippen LogP contribution in [0.3, 0.4) is 0 Å². The maximum atomic E-state index is 12.6. The van der Waals surface area contributed by atoms with Crippen molar-refractivity contribution in [2.75, 3.05) is 0 Å². The molecule has 3 aliphatic carbocycles. The molecular weight excluding hydrogens is 308 g/mol. The van der Waals surface area contributed by atoms with Gasteiger partial charge in [-0.1, -0.05) is 96.3 Å². The minimum Gasteiger partial charge on any atom is -0.481 e. The van der Waals surface area contributed by atoms with E-state index in [0.717, 1.165) is 19.3 Å². The normalized spacial score (nSPS) is 25.1. The zero-order valence-corrected chi connectivity index (χ0v) is 16.3. The monoisotopic (exact) mass is 348 g/mol. The third-order valence-corrected chi connectivity index (χ3v) is 7.67. The lowest BCUT2D eigenvalue weighted by Gasteiger charge is -2.40. The van der Waals surface area contributed by atoms with E-state index in [1.165, 1.54) is 96.3 Å². The van der Waals surface area contributed by atoms with Gasteiger partial charge in [0, 0.05) is 0 Å². The van der Waals surface area contributed by atoms with E-state index in [-0.39, 0.29) is 0 Å². The van der Waals surface area contributed by atoms with Gasteiger partial charge < -0.3 is 5.11 Å². The molecule has 0 bridgehead atoms. The van der Waals surface area contributed by atoms with Crippen molar-refractivity contribution >= 4 is 5.97 Å². The van der Waals surface area contributed by atoms with Crippen LogP contribution in [0, 0.1) is 23.2 Å². The number of carbonyl (C=O) groups is 1. The van der Waals surface area contributed by atoms with Gasteiger partial charge in [0.1, 0.15) is 0 Å². The summed E-state index contributed by atoms with van der Waals surface area (Å²) in [6.45, 7) is 0. The van der Waals surface area contributed by atoms with Gasteiger partial charge in [-0.15, -0.1) is 0 Å². The molecule has 0 aromatic heterocycles. The van der Waals surface area contributed by atoms with Crippen molar-refractivity contribution in [2.45, 2.75) is 116 Å². The molecule has 0 heterocycles. The highest BCUT2D eigenvalue weighted by atomic mass is 16.4. The van der Waals surface area contributed by atoms with Crippen molar-refractivity contribution in [3.8, 4) is 0 Å². The quantitative estimate of drug-likeness (QED) is 0.539. The summed E-state index contributed by atoms with van der Waals surface area (Å²) < 4.78 is 0. The van der Waals surface area contributed by atoms with Crippen molar-refractivity contribution in [1.82, 2.24) is 0 Å². The molecular formula is C23H40O2. The fourth-order valence-corrected chi connectivity index (χ4v) is 6.34. The highest BCUT2D eigenvalue weighted by Gasteiger charge is 2.44. The van der Waals surface area contributed by atoms with Crippen LogP contribution >= 0.6 is 0 Å². The van der Waals surface area contributed by atoms with Gasteiger partial charge in [-0.2, -0.15) is 0 Å². The molecule has 2 nitrogen and oxygen atoms in total. The first kappa shape index (κ1) is 19.2. The van der Waals surface area contributed by atoms with Crippen LogP contribution in [0.15, 0.2) is 0 Å². The molecule has 0 radical (unpaired) electrons. The van der Waals surface area contributed by atoms with Crippen LogP contribution in [-0.4, -0.2) is 11.1 Å². The first-order valence-corrected chi connectivity index (χ1v) is 11.4. The first-order valence-electron chi connectivity index (χ1n) is 11.4. The molecule has 3 fully saturated rings. The third kappa shape index (κ3) is 5.47. The Labute approximate surface area is 155 Å². The lowest BCUT2D eigenvalue weighted by molar-refractivity contribution is -0.153. The Morgan fingerprint density at radius 3 is 1.12 bits per heavy atom. The number of carboxylic acid groups (broad SMARTS) is 1. The van der Waals surface area contributed by atoms with Gasteiger partial charge in [0.15, 0.2) is 0 Å². The molecule has 2 heteroatoms. The van der Waals surface area contributed by atoms with Gasteiger partial charge in [0.2, 0.25) is 0 Å². The molecule has 3 rings (SSSR count). The summed E-state index contributed by atoms with van der Waals surface area (Å²) in [6.07, 6.45) is 22.7. The average Bonchev–Trinajstić information content (AvgIpc) is 2.64. The van der Waals surface area contributed by atoms with Crippen molar-refractivity contribution in [3.63, 3.8) is 0 Å². The second-order valence-corrected chi connectivity index (χ2v) is 9.71. The predicted molar refractivity (Wildman–Crippen MR) is 104 cm³/mol. The summed E-state index contributed by atoms with van der Waals surface area (Å²) in [7, 11) is 0. The van der Waals surface area contributed by atoms with E-state index in [0.29, 0.717) is 17.8 Å². The molecule has 25 heavy (non-hydrogen) atoms. The summed E-state index contributed by atoms with van der Waals surface area (Å²) in [5.41, 5.74) is -0.411. The number of carboxylic acids is 1. The van der Waals surface area contributed by atoms with E-state index in [4.69, 9.17) is 0 Å². The highest BCUT2D eigenvalue weighted by molar-refractivity contribution is 5.74. The SMILES string of the molecule is O=C(O)C(CC1CCCCC1)(CC1CCCCC1)CC1CCCCC1. The van der Waals surface area contributed by atoms with Crippen LogP contribution in [0.1, 0.15) is 116 Å². The van der Waals surface area contributed by atoms with Gasteiger partial charge >= 0.3 is 5.97 Å². The average molecular weight is 349 g/mol. The molecule has 0 aromatic rings. The van der Waals surface area contributed by atoms with Crippen molar-refractivity contribution < 1.29 is 9.90 Å². The van der Waals surface area contributed by atoms with E-state index in [1.807, 2.05) is 0 Å². The summed E-state index contributed by atoms with van der Waals surface area (Å²) in [5, 5.41) is 10.4. The van der Waals surface area contributed by atoms with E-state index < -0.39 is 11.4 Å². The minimum atomic E-state index is -0.450. The van der Waals surface area contributed by atoms with Gasteiger partial charge in [0.25, 0.3) is 0 Å². The Hall–Kier alpha value is -0.530. The van der Waals surface area contributed by atoms with Crippen molar-refractivity contribution in [3.05, 3.63) is 0 Å². The predicted octanol–water partition coefficient (Wildman–Crippen LogP) is 6.97. The lowest BCUT2D eigenvalue weighted by atomic mass is 9.63. The summed E-state index contributed by atoms with van der Waals surface area (Å²) >= 11 is 0. The van der Waals surface area contributed by atoms with Crippen molar-refractivity contribution in [1.29, 1.82) is 0 Å². The van der Waals surface area contributed by atoms with E-state index >= 15 is 0 Å². The zero-order chi connectivity index (χ0) is 17.5. The summed E-state index contributed by atoms with van der Waals surface area (Å²) in [4.78, 5) is 12.6. The Balaban J connectivity index is 1.73. The maximum absolute atomic E-state index is 12.6. The van der Waals surface area contributed by atoms with E-state index in [2.05, 4.69) is 0 Å². The summed E-state index contributed by atoms with van der Waals surface area (Å²) in [6, 6.07) is 0. The molecule has 0 unspecified atom stereocenters. The molecule has 0 saturated heterocycles. The standard InChI is InChI=1S/C23H40O2/c24-22(25)23(16-19-10-4-1-5-11-19,17-20-12-6-2-7-13-20)18-21-14-8-3-9-15-21/h19-21H,1-18H2,(H,24,25). The summed E-state index contributed by atoms with van der Waals surface area (Å²) in [5.74, 6) is 1.58. The molecule has 3 aliphatic rings. The Morgan fingerprint density at radius 1 is 0.600 bits per heavy atom. The van der Waals surface area contributed by atoms with Gasteiger partial charge in [-0.3, -0.25) is 4.79 Å². The third-order valence-electron chi connectivity index (χ3n) is 7.67. The van der Waals surface area contributed by atoms with Crippen LogP contribution in [0.4, 0.5) is 0 Å². The van der Waals surface area contributed by atoms with Crippen LogP contribution in [0.25, 0.3) is 0 Å². The van der Waals surface area contributed by atoms with E-state index in [1.54, 1.807) is 0 Å². The van der Waals surface area contributed by atoms with Crippen LogP contribution in [-0.2, 0) is 4.79 Å². The fourth-order valence-electron chi connectivity index (χ4n) is 6.34. The van der Waals surface area contributed by atoms with Gasteiger partial charge in [0.05, 0.1) is 5.41 Å². The smallest absolute Gasteiger partial charge is 0.309 e. The van der Waals surface area contributed by atoms with Crippen LogP contribution < -0.4 is 0 Å². The molecule has 0 atom stereocenters. The number of rotatable bonds is 7. The Morgan fingerprint density at radius 2 is 0.880 bits per heavy atom. The van der Waals surface area contributed by atoms with Gasteiger partial charge in [-0.25, -0.2) is 0 Å². The molecule has 0 aliphatic heterocycles. The van der Waals surface area contributed by atoms with Gasteiger partial charge in [-0.05, 0) is 37.0 Å². The zero-order valence-electron chi connectivity index (χ0n) is 16.3. The number of hydrogen-bond donors (Lipinski definition) is 1. The number of aliphatic carboxylic acids is 1. The van der Waals surface area contributed by atoms with Crippen LogP contribution in [0.2, 0.25) is 0 Å². The second kappa shape index (κ2) is 9.42. The van der Waals surface area contributed by atoms with Crippen molar-refractivity contribution in [2.24, 2.45) is 23.2 Å². The molecule has 0 aromatic carbocycles. The maximum Gasteiger partial charge on any atom is 0.309 e. The molecule has 1 N–H and O–H groups in total. The topological polar surface area (TPSA) is 37.3 Å². The fraction of sp³-hybridized carbons (Fsp3) is 0.957. The molecule has 3 saturated carbocycles.